The van der Waals surface area contributed by atoms with E-state index in [2.05, 4.69) is 26.0 Å². The van der Waals surface area contributed by atoms with Gasteiger partial charge >= 0.3 is 0 Å². The van der Waals surface area contributed by atoms with Crippen LogP contribution in [0.3, 0.4) is 0 Å². The van der Waals surface area contributed by atoms with Crippen molar-refractivity contribution in [1.29, 1.82) is 0 Å². The quantitative estimate of drug-likeness (QED) is 0.841. The van der Waals surface area contributed by atoms with Gasteiger partial charge in [-0.25, -0.2) is 0 Å². The van der Waals surface area contributed by atoms with Crippen LogP contribution in [0, 0.1) is 6.92 Å². The molecule has 0 aliphatic rings. The van der Waals surface area contributed by atoms with Gasteiger partial charge in [-0.05, 0) is 28.8 Å². The summed E-state index contributed by atoms with van der Waals surface area (Å²) in [4.78, 5) is 14.5. The predicted octanol–water partition coefficient (Wildman–Crippen LogP) is 1.92. The Balaban J connectivity index is 2.95. The van der Waals surface area contributed by atoms with E-state index in [1.54, 1.807) is 6.92 Å². The molecule has 0 aromatic carbocycles. The molecule has 0 aliphatic carbocycles. The molecule has 2 aromatic rings. The van der Waals surface area contributed by atoms with Gasteiger partial charge in [0.05, 0.1) is 15.7 Å². The van der Waals surface area contributed by atoms with Crippen LogP contribution in [0.15, 0.2) is 9.27 Å². The molecule has 0 unspecified atom stereocenters. The molecule has 5 nitrogen and oxygen atoms in total. The van der Waals surface area contributed by atoms with Gasteiger partial charge in [0.25, 0.3) is 5.56 Å². The molecule has 0 aliphatic heterocycles. The highest BCUT2D eigenvalue weighted by Gasteiger charge is 2.18. The zero-order chi connectivity index (χ0) is 12.0. The number of fused-ring (bicyclic) bond motifs is 1. The summed E-state index contributed by atoms with van der Waals surface area (Å²) in [7, 11) is 0. The Kier molecular flexibility index (Phi) is 2.53. The van der Waals surface area contributed by atoms with E-state index < -0.39 is 0 Å². The molecule has 2 N–H and O–H groups in total. The molecule has 0 bridgehead atoms. The molecule has 2 rings (SSSR count). The van der Waals surface area contributed by atoms with Crippen LogP contribution in [-0.4, -0.2) is 19.7 Å². The second kappa shape index (κ2) is 3.62. The topological polar surface area (TPSA) is 70.4 Å². The summed E-state index contributed by atoms with van der Waals surface area (Å²) in [5, 5.41) is 14.1. The third kappa shape index (κ3) is 1.44. The zero-order valence-corrected chi connectivity index (χ0v) is 10.8. The van der Waals surface area contributed by atoms with Crippen molar-refractivity contribution in [3.8, 4) is 5.88 Å². The number of rotatable bonds is 1. The number of hydrogen-bond donors (Lipinski definition) is 2. The summed E-state index contributed by atoms with van der Waals surface area (Å²) in [6.07, 6.45) is 0. The van der Waals surface area contributed by atoms with Crippen LogP contribution in [0.5, 0.6) is 5.88 Å². The lowest BCUT2D eigenvalue weighted by Gasteiger charge is -2.07. The minimum absolute atomic E-state index is 0.0589. The number of hydrogen-bond acceptors (Lipinski definition) is 3. The first-order chi connectivity index (χ1) is 7.43. The maximum atomic E-state index is 11.8. The Morgan fingerprint density at radius 3 is 2.69 bits per heavy atom. The molecular weight excluding hydrogens is 274 g/mol. The van der Waals surface area contributed by atoms with E-state index in [1.165, 1.54) is 4.52 Å². The number of halogens is 1. The van der Waals surface area contributed by atoms with Gasteiger partial charge in [-0.15, -0.1) is 0 Å². The summed E-state index contributed by atoms with van der Waals surface area (Å²) < 4.78 is 2.03. The third-order valence-corrected chi connectivity index (χ3v) is 3.43. The van der Waals surface area contributed by atoms with Gasteiger partial charge in [-0.2, -0.15) is 9.61 Å². The molecule has 2 heterocycles. The summed E-state index contributed by atoms with van der Waals surface area (Å²) >= 11 is 3.32. The Hall–Kier alpha value is -1.30. The van der Waals surface area contributed by atoms with Crippen molar-refractivity contribution < 1.29 is 5.11 Å². The lowest BCUT2D eigenvalue weighted by Crippen LogP contribution is -2.16. The summed E-state index contributed by atoms with van der Waals surface area (Å²) in [6.45, 7) is 5.49. The molecule has 0 spiro atoms. The van der Waals surface area contributed by atoms with Gasteiger partial charge in [-0.3, -0.25) is 4.79 Å². The smallest absolute Gasteiger partial charge is 0.258 e. The van der Waals surface area contributed by atoms with Gasteiger partial charge in [0.2, 0.25) is 5.88 Å². The van der Waals surface area contributed by atoms with Crippen molar-refractivity contribution in [2.75, 3.05) is 0 Å². The minimum Gasteiger partial charge on any atom is -0.493 e. The number of aromatic hydroxyl groups is 1. The monoisotopic (exact) mass is 285 g/mol. The Bertz CT molecular complexity index is 613. The van der Waals surface area contributed by atoms with Crippen molar-refractivity contribution in [3.05, 3.63) is 26.1 Å². The van der Waals surface area contributed by atoms with Gasteiger partial charge < -0.3 is 10.1 Å². The lowest BCUT2D eigenvalue weighted by molar-refractivity contribution is 0.422. The van der Waals surface area contributed by atoms with Gasteiger partial charge in [0.15, 0.2) is 5.65 Å². The number of H-pyrrole nitrogens is 1. The van der Waals surface area contributed by atoms with E-state index in [0.717, 1.165) is 0 Å². The second-order valence-corrected chi connectivity index (χ2v) is 4.80. The van der Waals surface area contributed by atoms with Crippen LogP contribution in [0.2, 0.25) is 0 Å². The highest BCUT2D eigenvalue weighted by molar-refractivity contribution is 9.10. The average molecular weight is 286 g/mol. The molecule has 16 heavy (non-hydrogen) atoms. The fourth-order valence-electron chi connectivity index (χ4n) is 1.68. The van der Waals surface area contributed by atoms with Crippen molar-refractivity contribution in [2.24, 2.45) is 0 Å². The molecular formula is C10H12BrN3O2. The highest BCUT2D eigenvalue weighted by atomic mass is 79.9. The molecule has 0 saturated carbocycles. The summed E-state index contributed by atoms with van der Waals surface area (Å²) in [5.41, 5.74) is 1.26. The normalized spacial score (nSPS) is 11.6. The first-order valence-corrected chi connectivity index (χ1v) is 5.72. The first-order valence-electron chi connectivity index (χ1n) is 4.93. The second-order valence-electron chi connectivity index (χ2n) is 4.01. The van der Waals surface area contributed by atoms with Crippen LogP contribution in [0.1, 0.15) is 31.0 Å². The van der Waals surface area contributed by atoms with Crippen molar-refractivity contribution >= 4 is 21.6 Å². The molecule has 0 saturated heterocycles. The predicted molar refractivity (Wildman–Crippen MR) is 64.0 cm³/mol. The van der Waals surface area contributed by atoms with E-state index in [4.69, 9.17) is 0 Å². The fraction of sp³-hybridized carbons (Fsp3) is 0.400. The maximum absolute atomic E-state index is 11.8. The molecule has 86 valence electrons. The van der Waals surface area contributed by atoms with Crippen LogP contribution < -0.4 is 5.56 Å². The molecule has 0 radical (unpaired) electrons. The van der Waals surface area contributed by atoms with Crippen LogP contribution in [-0.2, 0) is 0 Å². The molecule has 6 heteroatoms. The van der Waals surface area contributed by atoms with Crippen molar-refractivity contribution in [1.82, 2.24) is 14.6 Å². The fourth-order valence-corrected chi connectivity index (χ4v) is 2.03. The summed E-state index contributed by atoms with van der Waals surface area (Å²) in [6, 6.07) is 0. The molecule has 0 atom stereocenters. The number of nitrogens with zero attached hydrogens (tertiary/aromatic N) is 2. The first kappa shape index (κ1) is 11.2. The number of nitrogens with one attached hydrogen (secondary N) is 1. The van der Waals surface area contributed by atoms with E-state index in [0.29, 0.717) is 21.4 Å². The summed E-state index contributed by atoms with van der Waals surface area (Å²) in [5.74, 6) is -0.154. The number of aryl methyl sites for hydroxylation is 1. The SMILES string of the molecule is Cc1nn2c(O)c(C(C)C)c(=O)[nH]c2c1Br. The van der Waals surface area contributed by atoms with E-state index in [1.807, 2.05) is 13.8 Å². The van der Waals surface area contributed by atoms with Gasteiger partial charge in [-0.1, -0.05) is 13.8 Å². The Labute approximate surface area is 100 Å². The van der Waals surface area contributed by atoms with Crippen molar-refractivity contribution in [3.63, 3.8) is 0 Å². The number of aromatic amines is 1. The van der Waals surface area contributed by atoms with E-state index in [9.17, 15) is 9.90 Å². The van der Waals surface area contributed by atoms with Gasteiger partial charge in [0.1, 0.15) is 0 Å². The average Bonchev–Trinajstić information content (AvgIpc) is 2.45. The molecule has 0 amide bonds. The molecule has 2 aromatic heterocycles. The van der Waals surface area contributed by atoms with Crippen LogP contribution >= 0.6 is 15.9 Å². The maximum Gasteiger partial charge on any atom is 0.258 e. The van der Waals surface area contributed by atoms with E-state index >= 15 is 0 Å². The Morgan fingerprint density at radius 2 is 2.12 bits per heavy atom. The largest absolute Gasteiger partial charge is 0.493 e. The number of aromatic nitrogens is 3. The zero-order valence-electron chi connectivity index (χ0n) is 9.21. The lowest BCUT2D eigenvalue weighted by atomic mass is 10.1. The standard InChI is InChI=1S/C10H12BrN3O2/c1-4(2)6-9(15)12-8-7(11)5(3)13-14(8)10(6)16/h4,16H,1-3H3,(H,12,15). The van der Waals surface area contributed by atoms with Gasteiger partial charge in [0, 0.05) is 0 Å². The molecule has 0 fully saturated rings. The minimum atomic E-state index is -0.277. The third-order valence-electron chi connectivity index (χ3n) is 2.48. The van der Waals surface area contributed by atoms with Crippen molar-refractivity contribution in [2.45, 2.75) is 26.7 Å². The van der Waals surface area contributed by atoms with E-state index in [-0.39, 0.29) is 17.4 Å². The van der Waals surface area contributed by atoms with Crippen LogP contribution in [0.25, 0.3) is 5.65 Å². The van der Waals surface area contributed by atoms with Crippen LogP contribution in [0.4, 0.5) is 0 Å². The highest BCUT2D eigenvalue weighted by Crippen LogP contribution is 2.26. The Morgan fingerprint density at radius 1 is 1.50 bits per heavy atom.